The van der Waals surface area contributed by atoms with Gasteiger partial charge in [-0.05, 0) is 25.8 Å². The van der Waals surface area contributed by atoms with Crippen molar-refractivity contribution in [2.24, 2.45) is 5.73 Å². The Hall–Kier alpha value is -0.820. The van der Waals surface area contributed by atoms with Crippen LogP contribution in [0.15, 0.2) is 18.2 Å². The summed E-state index contributed by atoms with van der Waals surface area (Å²) in [6.07, 6.45) is 1.17. The Balaban J connectivity index is 2.32. The predicted octanol–water partition coefficient (Wildman–Crippen LogP) is 2.12. The number of rotatable bonds is 1. The number of benzene rings is 1. The third kappa shape index (κ3) is 1.37. The number of hydrogen-bond acceptors (Lipinski definition) is 1. The van der Waals surface area contributed by atoms with Crippen LogP contribution < -0.4 is 5.73 Å². The molecule has 0 saturated heterocycles. The monoisotopic (exact) mass is 161 g/mol. The van der Waals surface area contributed by atoms with Gasteiger partial charge in [-0.25, -0.2) is 0 Å². The fourth-order valence-electron chi connectivity index (χ4n) is 1.82. The van der Waals surface area contributed by atoms with Gasteiger partial charge in [0.05, 0.1) is 0 Å². The highest BCUT2D eigenvalue weighted by Gasteiger charge is 2.34. The number of aryl methyl sites for hydroxylation is 2. The van der Waals surface area contributed by atoms with Crippen LogP contribution in [0.3, 0.4) is 0 Å². The van der Waals surface area contributed by atoms with Gasteiger partial charge >= 0.3 is 0 Å². The van der Waals surface area contributed by atoms with Gasteiger partial charge < -0.3 is 5.73 Å². The van der Waals surface area contributed by atoms with E-state index in [1.165, 1.54) is 23.1 Å². The van der Waals surface area contributed by atoms with Crippen molar-refractivity contribution in [2.45, 2.75) is 32.2 Å². The molecule has 2 rings (SSSR count). The molecule has 2 atom stereocenters. The van der Waals surface area contributed by atoms with Gasteiger partial charge in [0.15, 0.2) is 0 Å². The molecule has 12 heavy (non-hydrogen) atoms. The van der Waals surface area contributed by atoms with Crippen molar-refractivity contribution in [1.29, 1.82) is 0 Å². The van der Waals surface area contributed by atoms with Crippen molar-refractivity contribution in [3.63, 3.8) is 0 Å². The molecule has 0 bridgehead atoms. The molecule has 0 spiro atoms. The fourth-order valence-corrected chi connectivity index (χ4v) is 1.82. The summed E-state index contributed by atoms with van der Waals surface area (Å²) in [5, 5.41) is 0. The molecule has 1 saturated carbocycles. The van der Waals surface area contributed by atoms with Crippen molar-refractivity contribution in [1.82, 2.24) is 0 Å². The summed E-state index contributed by atoms with van der Waals surface area (Å²) in [7, 11) is 0. The van der Waals surface area contributed by atoms with Gasteiger partial charge in [-0.15, -0.1) is 0 Å². The van der Waals surface area contributed by atoms with Crippen LogP contribution >= 0.6 is 0 Å². The largest absolute Gasteiger partial charge is 0.327 e. The molecule has 1 nitrogen and oxygen atoms in total. The number of hydrogen-bond donors (Lipinski definition) is 1. The average molecular weight is 161 g/mol. The van der Waals surface area contributed by atoms with Gasteiger partial charge in [0, 0.05) is 12.0 Å². The van der Waals surface area contributed by atoms with Gasteiger partial charge in [-0.2, -0.15) is 0 Å². The Morgan fingerprint density at radius 3 is 2.08 bits per heavy atom. The maximum absolute atomic E-state index is 5.80. The fraction of sp³-hybridized carbons (Fsp3) is 0.455. The summed E-state index contributed by atoms with van der Waals surface area (Å²) in [6.45, 7) is 4.29. The van der Waals surface area contributed by atoms with Crippen molar-refractivity contribution < 1.29 is 0 Å². The first-order chi connectivity index (χ1) is 5.66. The maximum Gasteiger partial charge on any atom is 0.0115 e. The summed E-state index contributed by atoms with van der Waals surface area (Å²) in [4.78, 5) is 0. The summed E-state index contributed by atoms with van der Waals surface area (Å²) in [5.41, 5.74) is 9.93. The Morgan fingerprint density at radius 1 is 1.17 bits per heavy atom. The van der Waals surface area contributed by atoms with Crippen LogP contribution in [0.4, 0.5) is 0 Å². The highest BCUT2D eigenvalue weighted by molar-refractivity contribution is 5.35. The lowest BCUT2D eigenvalue weighted by atomic mass is 10.0. The van der Waals surface area contributed by atoms with Gasteiger partial charge in [-0.3, -0.25) is 0 Å². The predicted molar refractivity (Wildman–Crippen MR) is 51.2 cm³/mol. The first kappa shape index (κ1) is 7.81. The summed E-state index contributed by atoms with van der Waals surface area (Å²) >= 11 is 0. The molecule has 0 radical (unpaired) electrons. The molecular weight excluding hydrogens is 146 g/mol. The summed E-state index contributed by atoms with van der Waals surface area (Å²) in [6, 6.07) is 7.14. The van der Waals surface area contributed by atoms with Crippen molar-refractivity contribution in [3.8, 4) is 0 Å². The Bertz CT molecular complexity index is 284. The molecule has 0 aromatic heterocycles. The first-order valence-corrected chi connectivity index (χ1v) is 4.50. The molecule has 1 aliphatic carbocycles. The highest BCUT2D eigenvalue weighted by atomic mass is 14.7. The van der Waals surface area contributed by atoms with Gasteiger partial charge in [0.25, 0.3) is 0 Å². The Morgan fingerprint density at radius 2 is 1.67 bits per heavy atom. The SMILES string of the molecule is Cc1cc(C)cc(C2CC2N)c1. The molecule has 1 heteroatoms. The molecule has 64 valence electrons. The second-order valence-electron chi connectivity index (χ2n) is 3.93. The molecule has 0 heterocycles. The standard InChI is InChI=1S/C11H15N/c1-7-3-8(2)5-9(4-7)10-6-11(10)12/h3-5,10-11H,6,12H2,1-2H3. The van der Waals surface area contributed by atoms with Crippen LogP contribution in [-0.2, 0) is 0 Å². The topological polar surface area (TPSA) is 26.0 Å². The van der Waals surface area contributed by atoms with Crippen LogP contribution in [-0.4, -0.2) is 6.04 Å². The van der Waals surface area contributed by atoms with Gasteiger partial charge in [0.2, 0.25) is 0 Å². The molecule has 0 aliphatic heterocycles. The third-order valence-electron chi connectivity index (χ3n) is 2.51. The van der Waals surface area contributed by atoms with Crippen molar-refractivity contribution in [3.05, 3.63) is 34.9 Å². The zero-order valence-corrected chi connectivity index (χ0v) is 7.67. The van der Waals surface area contributed by atoms with E-state index in [2.05, 4.69) is 32.0 Å². The van der Waals surface area contributed by atoms with Gasteiger partial charge in [-0.1, -0.05) is 29.3 Å². The molecule has 2 N–H and O–H groups in total. The minimum Gasteiger partial charge on any atom is -0.327 e. The van der Waals surface area contributed by atoms with E-state index in [9.17, 15) is 0 Å². The quantitative estimate of drug-likeness (QED) is 0.670. The summed E-state index contributed by atoms with van der Waals surface area (Å²) < 4.78 is 0. The van der Waals surface area contributed by atoms with Crippen LogP contribution in [0.25, 0.3) is 0 Å². The lowest BCUT2D eigenvalue weighted by Gasteiger charge is -2.02. The molecule has 0 amide bonds. The minimum absolute atomic E-state index is 0.422. The van der Waals surface area contributed by atoms with Crippen LogP contribution in [0.2, 0.25) is 0 Å². The van der Waals surface area contributed by atoms with E-state index < -0.39 is 0 Å². The van der Waals surface area contributed by atoms with E-state index in [0.717, 1.165) is 0 Å². The normalized spacial score (nSPS) is 27.2. The average Bonchev–Trinajstić information content (AvgIpc) is 2.64. The maximum atomic E-state index is 5.80. The molecular formula is C11H15N. The second-order valence-corrected chi connectivity index (χ2v) is 3.93. The van der Waals surface area contributed by atoms with Crippen LogP contribution in [0.5, 0.6) is 0 Å². The van der Waals surface area contributed by atoms with Crippen molar-refractivity contribution in [2.75, 3.05) is 0 Å². The Labute approximate surface area is 73.6 Å². The first-order valence-electron chi connectivity index (χ1n) is 4.50. The van der Waals surface area contributed by atoms with E-state index in [-0.39, 0.29) is 0 Å². The lowest BCUT2D eigenvalue weighted by molar-refractivity contribution is 0.986. The van der Waals surface area contributed by atoms with Crippen LogP contribution in [0, 0.1) is 13.8 Å². The van der Waals surface area contributed by atoms with E-state index in [1.54, 1.807) is 0 Å². The van der Waals surface area contributed by atoms with E-state index in [4.69, 9.17) is 5.73 Å². The highest BCUT2D eigenvalue weighted by Crippen LogP contribution is 2.39. The molecule has 1 aromatic carbocycles. The molecule has 2 unspecified atom stereocenters. The molecule has 1 aliphatic rings. The zero-order chi connectivity index (χ0) is 8.72. The summed E-state index contributed by atoms with van der Waals surface area (Å²) in [5.74, 6) is 0.642. The lowest BCUT2D eigenvalue weighted by Crippen LogP contribution is -2.01. The van der Waals surface area contributed by atoms with Crippen LogP contribution in [0.1, 0.15) is 29.0 Å². The van der Waals surface area contributed by atoms with E-state index in [0.29, 0.717) is 12.0 Å². The van der Waals surface area contributed by atoms with E-state index >= 15 is 0 Å². The van der Waals surface area contributed by atoms with Gasteiger partial charge in [0.1, 0.15) is 0 Å². The zero-order valence-electron chi connectivity index (χ0n) is 7.67. The second kappa shape index (κ2) is 2.60. The molecule has 1 aromatic rings. The number of nitrogens with two attached hydrogens (primary N) is 1. The smallest absolute Gasteiger partial charge is 0.0115 e. The molecule has 1 fully saturated rings. The minimum atomic E-state index is 0.422. The third-order valence-corrected chi connectivity index (χ3v) is 2.51. The van der Waals surface area contributed by atoms with Crippen molar-refractivity contribution >= 4 is 0 Å². The van der Waals surface area contributed by atoms with E-state index in [1.807, 2.05) is 0 Å². The Kier molecular flexibility index (Phi) is 1.69.